The van der Waals surface area contributed by atoms with Crippen LogP contribution in [0.5, 0.6) is 0 Å². The molecule has 0 saturated heterocycles. The average molecular weight is 251 g/mol. The Labute approximate surface area is 114 Å². The highest BCUT2D eigenvalue weighted by atomic mass is 14.8. The van der Waals surface area contributed by atoms with Crippen molar-refractivity contribution in [3.63, 3.8) is 0 Å². The molecule has 0 radical (unpaired) electrons. The van der Waals surface area contributed by atoms with Crippen molar-refractivity contribution in [2.75, 3.05) is 13.1 Å². The number of allylic oxidation sites excluding steroid dienone is 1. The monoisotopic (exact) mass is 251 g/mol. The Balaban J connectivity index is 2.30. The second-order valence-corrected chi connectivity index (χ2v) is 6.39. The van der Waals surface area contributed by atoms with Gasteiger partial charge in [0.2, 0.25) is 0 Å². The lowest BCUT2D eigenvalue weighted by Crippen LogP contribution is -2.21. The van der Waals surface area contributed by atoms with E-state index in [1.165, 1.54) is 38.5 Å². The summed E-state index contributed by atoms with van der Waals surface area (Å²) in [4.78, 5) is 0. The van der Waals surface area contributed by atoms with Crippen LogP contribution in [0, 0.1) is 17.8 Å². The Morgan fingerprint density at radius 2 is 2.00 bits per heavy atom. The molecule has 1 nitrogen and oxygen atoms in total. The predicted molar refractivity (Wildman–Crippen MR) is 81.8 cm³/mol. The normalized spacial score (nSPS) is 25.7. The van der Waals surface area contributed by atoms with Gasteiger partial charge in [0, 0.05) is 0 Å². The Morgan fingerprint density at radius 1 is 1.28 bits per heavy atom. The molecule has 1 aliphatic rings. The van der Waals surface area contributed by atoms with Crippen LogP contribution in [0.2, 0.25) is 0 Å². The maximum atomic E-state index is 3.52. The molecule has 0 aromatic rings. The van der Waals surface area contributed by atoms with Gasteiger partial charge in [-0.1, -0.05) is 51.7 Å². The number of hydrogen-bond acceptors (Lipinski definition) is 1. The van der Waals surface area contributed by atoms with E-state index >= 15 is 0 Å². The molecule has 18 heavy (non-hydrogen) atoms. The Hall–Kier alpha value is -0.300. The molecule has 1 rings (SSSR count). The minimum absolute atomic E-state index is 0.762. The molecule has 1 aliphatic carbocycles. The van der Waals surface area contributed by atoms with Gasteiger partial charge in [0.05, 0.1) is 0 Å². The van der Waals surface area contributed by atoms with Crippen molar-refractivity contribution < 1.29 is 0 Å². The molecule has 106 valence electrons. The number of rotatable bonds is 7. The number of hydrogen-bond donors (Lipinski definition) is 1. The fraction of sp³-hybridized carbons (Fsp3) is 0.882. The highest BCUT2D eigenvalue weighted by Gasteiger charge is 2.24. The van der Waals surface area contributed by atoms with Crippen LogP contribution in [0.25, 0.3) is 0 Å². The van der Waals surface area contributed by atoms with Crippen LogP contribution >= 0.6 is 0 Å². The smallest absolute Gasteiger partial charge is 0.00141 e. The van der Waals surface area contributed by atoms with E-state index in [1.807, 2.05) is 0 Å². The van der Waals surface area contributed by atoms with Crippen molar-refractivity contribution in [1.82, 2.24) is 5.32 Å². The first-order valence-corrected chi connectivity index (χ1v) is 8.02. The van der Waals surface area contributed by atoms with E-state index in [9.17, 15) is 0 Å². The molecule has 1 heteroatoms. The Morgan fingerprint density at radius 3 is 2.67 bits per heavy atom. The highest BCUT2D eigenvalue weighted by molar-refractivity contribution is 5.06. The first kappa shape index (κ1) is 15.8. The standard InChI is InChI=1S/C17H33N/c1-5-16-10-6-7-11-17(16)15(4)9-8-12-18-13-14(2)3/h9,14,16-18H,5-8,10-13H2,1-4H3. The summed E-state index contributed by atoms with van der Waals surface area (Å²) < 4.78 is 0. The average Bonchev–Trinajstić information content (AvgIpc) is 2.37. The van der Waals surface area contributed by atoms with Gasteiger partial charge in [-0.15, -0.1) is 0 Å². The van der Waals surface area contributed by atoms with E-state index in [4.69, 9.17) is 0 Å². The van der Waals surface area contributed by atoms with Crippen LogP contribution in [0.1, 0.15) is 66.2 Å². The topological polar surface area (TPSA) is 12.0 Å². The first-order chi connectivity index (χ1) is 8.65. The van der Waals surface area contributed by atoms with Crippen molar-refractivity contribution in [3.8, 4) is 0 Å². The SMILES string of the molecule is CCC1CCCCC1C(C)=CCCNCC(C)C. The Bertz CT molecular complexity index is 242. The van der Waals surface area contributed by atoms with Gasteiger partial charge in [0.25, 0.3) is 0 Å². The predicted octanol–water partition coefficient (Wildman–Crippen LogP) is 4.78. The van der Waals surface area contributed by atoms with Gasteiger partial charge in [0.1, 0.15) is 0 Å². The lowest BCUT2D eigenvalue weighted by atomic mass is 9.74. The van der Waals surface area contributed by atoms with Crippen molar-refractivity contribution >= 4 is 0 Å². The summed E-state index contributed by atoms with van der Waals surface area (Å²) in [5.74, 6) is 2.60. The molecular weight excluding hydrogens is 218 g/mol. The second kappa shape index (κ2) is 8.74. The molecule has 1 saturated carbocycles. The maximum absolute atomic E-state index is 3.52. The van der Waals surface area contributed by atoms with Crippen LogP contribution < -0.4 is 5.32 Å². The lowest BCUT2D eigenvalue weighted by Gasteiger charge is -2.31. The van der Waals surface area contributed by atoms with Gasteiger partial charge in [-0.3, -0.25) is 0 Å². The van der Waals surface area contributed by atoms with Crippen LogP contribution in [0.3, 0.4) is 0 Å². The summed E-state index contributed by atoms with van der Waals surface area (Å²) in [5, 5.41) is 3.52. The summed E-state index contributed by atoms with van der Waals surface area (Å²) in [6, 6.07) is 0. The van der Waals surface area contributed by atoms with E-state index < -0.39 is 0 Å². The molecule has 0 aromatic carbocycles. The van der Waals surface area contributed by atoms with E-state index in [0.717, 1.165) is 30.8 Å². The zero-order chi connectivity index (χ0) is 13.4. The molecule has 1 N–H and O–H groups in total. The number of nitrogens with one attached hydrogen (secondary N) is 1. The molecule has 0 aliphatic heterocycles. The van der Waals surface area contributed by atoms with Crippen LogP contribution in [0.4, 0.5) is 0 Å². The fourth-order valence-corrected chi connectivity index (χ4v) is 3.24. The molecule has 2 atom stereocenters. The third-order valence-electron chi connectivity index (χ3n) is 4.36. The lowest BCUT2D eigenvalue weighted by molar-refractivity contribution is 0.264. The van der Waals surface area contributed by atoms with Gasteiger partial charge >= 0.3 is 0 Å². The minimum Gasteiger partial charge on any atom is -0.316 e. The van der Waals surface area contributed by atoms with Crippen LogP contribution in [-0.4, -0.2) is 13.1 Å². The summed E-state index contributed by atoms with van der Waals surface area (Å²) in [6.07, 6.45) is 10.8. The zero-order valence-corrected chi connectivity index (χ0v) is 13.0. The van der Waals surface area contributed by atoms with Gasteiger partial charge in [-0.25, -0.2) is 0 Å². The van der Waals surface area contributed by atoms with Gasteiger partial charge < -0.3 is 5.32 Å². The van der Waals surface area contributed by atoms with Gasteiger partial charge in [-0.2, -0.15) is 0 Å². The van der Waals surface area contributed by atoms with Crippen LogP contribution in [0.15, 0.2) is 11.6 Å². The second-order valence-electron chi connectivity index (χ2n) is 6.39. The van der Waals surface area contributed by atoms with E-state index in [0.29, 0.717) is 0 Å². The summed E-state index contributed by atoms with van der Waals surface area (Å²) >= 11 is 0. The third kappa shape index (κ3) is 5.56. The molecule has 1 fully saturated rings. The quantitative estimate of drug-likeness (QED) is 0.507. The molecule has 2 unspecified atom stereocenters. The summed E-state index contributed by atoms with van der Waals surface area (Å²) in [6.45, 7) is 11.5. The van der Waals surface area contributed by atoms with E-state index in [2.05, 4.69) is 39.1 Å². The fourth-order valence-electron chi connectivity index (χ4n) is 3.24. The van der Waals surface area contributed by atoms with E-state index in [1.54, 1.807) is 5.57 Å². The molecule has 0 spiro atoms. The molecular formula is C17H33N. The molecule has 0 heterocycles. The van der Waals surface area contributed by atoms with Crippen molar-refractivity contribution in [2.45, 2.75) is 66.2 Å². The van der Waals surface area contributed by atoms with Gasteiger partial charge in [0.15, 0.2) is 0 Å². The molecule has 0 bridgehead atoms. The third-order valence-corrected chi connectivity index (χ3v) is 4.36. The van der Waals surface area contributed by atoms with Gasteiger partial charge in [-0.05, 0) is 57.0 Å². The first-order valence-electron chi connectivity index (χ1n) is 8.02. The highest BCUT2D eigenvalue weighted by Crippen LogP contribution is 2.36. The van der Waals surface area contributed by atoms with E-state index in [-0.39, 0.29) is 0 Å². The Kier molecular flexibility index (Phi) is 7.65. The largest absolute Gasteiger partial charge is 0.316 e. The summed E-state index contributed by atoms with van der Waals surface area (Å²) in [5.41, 5.74) is 1.66. The maximum Gasteiger partial charge on any atom is -0.00141 e. The summed E-state index contributed by atoms with van der Waals surface area (Å²) in [7, 11) is 0. The van der Waals surface area contributed by atoms with Crippen molar-refractivity contribution in [1.29, 1.82) is 0 Å². The molecule has 0 amide bonds. The zero-order valence-electron chi connectivity index (χ0n) is 13.0. The van der Waals surface area contributed by atoms with Crippen molar-refractivity contribution in [3.05, 3.63) is 11.6 Å². The van der Waals surface area contributed by atoms with Crippen molar-refractivity contribution in [2.24, 2.45) is 17.8 Å². The van der Waals surface area contributed by atoms with Crippen LogP contribution in [-0.2, 0) is 0 Å². The molecule has 0 aromatic heterocycles. The minimum atomic E-state index is 0.762.